The fourth-order valence-corrected chi connectivity index (χ4v) is 4.43. The van der Waals surface area contributed by atoms with Crippen molar-refractivity contribution < 1.29 is 9.21 Å². The Morgan fingerprint density at radius 1 is 1.25 bits per heavy atom. The zero-order valence-electron chi connectivity index (χ0n) is 15.2. The van der Waals surface area contributed by atoms with Gasteiger partial charge in [0.25, 0.3) is 11.8 Å². The van der Waals surface area contributed by atoms with Crippen LogP contribution in [0.5, 0.6) is 0 Å². The monoisotopic (exact) mass is 391 g/mol. The molecule has 140 valence electrons. The number of aromatic nitrogens is 4. The summed E-state index contributed by atoms with van der Waals surface area (Å²) in [5.41, 5.74) is 2.21. The summed E-state index contributed by atoms with van der Waals surface area (Å²) in [7, 11) is 0. The van der Waals surface area contributed by atoms with Crippen molar-refractivity contribution in [2.75, 3.05) is 6.54 Å². The number of thiazole rings is 1. The number of fused-ring (bicyclic) bond motifs is 1. The van der Waals surface area contributed by atoms with Crippen LogP contribution in [-0.4, -0.2) is 37.5 Å². The van der Waals surface area contributed by atoms with Crippen LogP contribution in [0, 0.1) is 6.92 Å². The second-order valence-corrected chi connectivity index (χ2v) is 7.97. The standard InChI is InChI=1S/C20H17N5O2S/c1-12-22-14-8-7-13(11-17(14)28-12)20(26)25-10-4-6-16(25)19-24-23-18(27-19)15-5-2-3-9-21-15/h2-3,5,7-9,11,16H,4,6,10H2,1H3/t16-/m0/s1. The molecule has 0 unspecified atom stereocenters. The van der Waals surface area contributed by atoms with Crippen LogP contribution in [0.15, 0.2) is 47.0 Å². The molecule has 1 saturated heterocycles. The zero-order chi connectivity index (χ0) is 19.1. The van der Waals surface area contributed by atoms with Crippen LogP contribution in [-0.2, 0) is 0 Å². The van der Waals surface area contributed by atoms with Crippen LogP contribution in [0.2, 0.25) is 0 Å². The van der Waals surface area contributed by atoms with Gasteiger partial charge in [-0.15, -0.1) is 21.5 Å². The van der Waals surface area contributed by atoms with Crippen molar-refractivity contribution in [2.24, 2.45) is 0 Å². The van der Waals surface area contributed by atoms with Gasteiger partial charge in [-0.25, -0.2) is 4.98 Å². The molecule has 1 atom stereocenters. The van der Waals surface area contributed by atoms with Crippen molar-refractivity contribution >= 4 is 27.5 Å². The molecule has 1 aliphatic heterocycles. The lowest BCUT2D eigenvalue weighted by molar-refractivity contribution is 0.0716. The van der Waals surface area contributed by atoms with Gasteiger partial charge < -0.3 is 9.32 Å². The molecule has 0 bridgehead atoms. The van der Waals surface area contributed by atoms with Crippen molar-refractivity contribution in [3.05, 3.63) is 59.1 Å². The van der Waals surface area contributed by atoms with Crippen molar-refractivity contribution in [3.8, 4) is 11.6 Å². The number of carbonyl (C=O) groups excluding carboxylic acids is 1. The SMILES string of the molecule is Cc1nc2ccc(C(=O)N3CCC[C@H]3c3nnc(-c4ccccn4)o3)cc2s1. The lowest BCUT2D eigenvalue weighted by Crippen LogP contribution is -2.30. The summed E-state index contributed by atoms with van der Waals surface area (Å²) in [6, 6.07) is 11.0. The van der Waals surface area contributed by atoms with E-state index in [0.717, 1.165) is 28.1 Å². The van der Waals surface area contributed by atoms with Crippen LogP contribution in [0.3, 0.4) is 0 Å². The number of carbonyl (C=O) groups is 1. The fraction of sp³-hybridized carbons (Fsp3) is 0.250. The van der Waals surface area contributed by atoms with Crippen molar-refractivity contribution in [2.45, 2.75) is 25.8 Å². The highest BCUT2D eigenvalue weighted by molar-refractivity contribution is 7.18. The molecule has 0 spiro atoms. The highest BCUT2D eigenvalue weighted by Crippen LogP contribution is 2.34. The van der Waals surface area contributed by atoms with Crippen LogP contribution in [0.25, 0.3) is 21.8 Å². The van der Waals surface area contributed by atoms with Crippen LogP contribution in [0.4, 0.5) is 0 Å². The zero-order valence-corrected chi connectivity index (χ0v) is 16.0. The minimum absolute atomic E-state index is 0.0203. The van der Waals surface area contributed by atoms with Gasteiger partial charge in [-0.3, -0.25) is 9.78 Å². The molecule has 5 rings (SSSR count). The number of pyridine rings is 1. The second kappa shape index (κ2) is 6.79. The van der Waals surface area contributed by atoms with E-state index in [0.29, 0.717) is 29.6 Å². The quantitative estimate of drug-likeness (QED) is 0.524. The van der Waals surface area contributed by atoms with E-state index in [1.807, 2.05) is 48.2 Å². The Labute approximate surface area is 165 Å². The Bertz CT molecular complexity index is 1150. The molecule has 8 heteroatoms. The average Bonchev–Trinajstić information content (AvgIpc) is 3.45. The summed E-state index contributed by atoms with van der Waals surface area (Å²) < 4.78 is 6.88. The first-order valence-corrected chi connectivity index (χ1v) is 9.94. The molecule has 0 radical (unpaired) electrons. The Morgan fingerprint density at radius 3 is 3.04 bits per heavy atom. The van der Waals surface area contributed by atoms with Gasteiger partial charge in [-0.05, 0) is 50.1 Å². The molecule has 1 aromatic carbocycles. The van der Waals surface area contributed by atoms with Crippen LogP contribution < -0.4 is 0 Å². The molecule has 0 aliphatic carbocycles. The Balaban J connectivity index is 1.43. The van der Waals surface area contributed by atoms with Crippen molar-refractivity contribution in [1.29, 1.82) is 0 Å². The molecular formula is C20H17N5O2S. The van der Waals surface area contributed by atoms with Gasteiger partial charge in [-0.1, -0.05) is 6.07 Å². The van der Waals surface area contributed by atoms with Crippen LogP contribution in [0.1, 0.15) is 40.1 Å². The normalized spacial score (nSPS) is 16.8. The van der Waals surface area contributed by atoms with E-state index in [1.165, 1.54) is 0 Å². The highest BCUT2D eigenvalue weighted by Gasteiger charge is 2.34. The predicted octanol–water partition coefficient (Wildman–Crippen LogP) is 4.03. The number of likely N-dealkylation sites (tertiary alicyclic amines) is 1. The summed E-state index contributed by atoms with van der Waals surface area (Å²) >= 11 is 1.59. The van der Waals surface area contributed by atoms with E-state index >= 15 is 0 Å². The summed E-state index contributed by atoms with van der Waals surface area (Å²) in [6.07, 6.45) is 3.39. The summed E-state index contributed by atoms with van der Waals surface area (Å²) in [4.78, 5) is 23.7. The molecule has 0 saturated carbocycles. The molecule has 1 aliphatic rings. The Hall–Kier alpha value is -3.13. The molecule has 0 N–H and O–H groups in total. The highest BCUT2D eigenvalue weighted by atomic mass is 32.1. The van der Waals surface area contributed by atoms with Gasteiger partial charge in [0.1, 0.15) is 11.7 Å². The maximum absolute atomic E-state index is 13.2. The van der Waals surface area contributed by atoms with Gasteiger partial charge in [0.15, 0.2) is 0 Å². The Kier molecular flexibility index (Phi) is 4.12. The minimum atomic E-state index is -0.212. The molecular weight excluding hydrogens is 374 g/mol. The average molecular weight is 391 g/mol. The van der Waals surface area contributed by atoms with Crippen molar-refractivity contribution in [3.63, 3.8) is 0 Å². The van der Waals surface area contributed by atoms with Gasteiger partial charge in [-0.2, -0.15) is 0 Å². The molecule has 4 heterocycles. The first-order chi connectivity index (χ1) is 13.7. The number of benzene rings is 1. The fourth-order valence-electron chi connectivity index (χ4n) is 3.57. The third-order valence-electron chi connectivity index (χ3n) is 4.87. The summed E-state index contributed by atoms with van der Waals surface area (Å²) in [5, 5.41) is 9.31. The number of amides is 1. The lowest BCUT2D eigenvalue weighted by Gasteiger charge is -2.22. The number of hydrogen-bond donors (Lipinski definition) is 0. The van der Waals surface area contributed by atoms with E-state index < -0.39 is 0 Å². The van der Waals surface area contributed by atoms with Gasteiger partial charge in [0.05, 0.1) is 15.2 Å². The van der Waals surface area contributed by atoms with E-state index in [9.17, 15) is 4.79 Å². The van der Waals surface area contributed by atoms with Crippen molar-refractivity contribution in [1.82, 2.24) is 25.1 Å². The third kappa shape index (κ3) is 2.95. The maximum atomic E-state index is 13.2. The van der Waals surface area contributed by atoms with E-state index in [1.54, 1.807) is 17.5 Å². The molecule has 1 fully saturated rings. The molecule has 4 aromatic rings. The molecule has 7 nitrogen and oxygen atoms in total. The summed E-state index contributed by atoms with van der Waals surface area (Å²) in [5.74, 6) is 0.811. The summed E-state index contributed by atoms with van der Waals surface area (Å²) in [6.45, 7) is 2.64. The van der Waals surface area contributed by atoms with Gasteiger partial charge >= 0.3 is 0 Å². The second-order valence-electron chi connectivity index (χ2n) is 6.73. The molecule has 28 heavy (non-hydrogen) atoms. The molecule has 1 amide bonds. The smallest absolute Gasteiger partial charge is 0.266 e. The lowest BCUT2D eigenvalue weighted by atomic mass is 10.1. The van der Waals surface area contributed by atoms with E-state index in [-0.39, 0.29) is 11.9 Å². The maximum Gasteiger partial charge on any atom is 0.266 e. The predicted molar refractivity (Wildman–Crippen MR) is 105 cm³/mol. The number of hydrogen-bond acceptors (Lipinski definition) is 7. The number of aryl methyl sites for hydroxylation is 1. The third-order valence-corrected chi connectivity index (χ3v) is 5.80. The van der Waals surface area contributed by atoms with Gasteiger partial charge in [0, 0.05) is 18.3 Å². The topological polar surface area (TPSA) is 85.0 Å². The first-order valence-electron chi connectivity index (χ1n) is 9.12. The minimum Gasteiger partial charge on any atom is -0.417 e. The first kappa shape index (κ1) is 17.0. The van der Waals surface area contributed by atoms with Crippen LogP contribution >= 0.6 is 11.3 Å². The number of nitrogens with zero attached hydrogens (tertiary/aromatic N) is 5. The largest absolute Gasteiger partial charge is 0.417 e. The van der Waals surface area contributed by atoms with Gasteiger partial charge in [0.2, 0.25) is 5.89 Å². The van der Waals surface area contributed by atoms with E-state index in [2.05, 4.69) is 20.2 Å². The number of rotatable bonds is 3. The molecule has 3 aromatic heterocycles. The van der Waals surface area contributed by atoms with E-state index in [4.69, 9.17) is 4.42 Å². The Morgan fingerprint density at radius 2 is 2.18 bits per heavy atom.